The number of nitrogens with zero attached hydrogens (tertiary/aromatic N) is 1. The Balaban J connectivity index is 1.78. The molecule has 0 amide bonds. The zero-order valence-corrected chi connectivity index (χ0v) is 9.12. The molecule has 0 radical (unpaired) electrons. The van der Waals surface area contributed by atoms with Gasteiger partial charge in [-0.2, -0.15) is 0 Å². The average Bonchev–Trinajstić information content (AvgIpc) is 2.14. The second kappa shape index (κ2) is 5.13. The highest BCUT2D eigenvalue weighted by atomic mass is 16.3. The van der Waals surface area contributed by atoms with Crippen LogP contribution < -0.4 is 0 Å². The second-order valence-corrected chi connectivity index (χ2v) is 4.95. The predicted molar refractivity (Wildman–Crippen MR) is 58.3 cm³/mol. The van der Waals surface area contributed by atoms with Crippen molar-refractivity contribution in [2.24, 2.45) is 5.92 Å². The van der Waals surface area contributed by atoms with Crippen LogP contribution in [0.5, 0.6) is 0 Å². The lowest BCUT2D eigenvalue weighted by Crippen LogP contribution is -2.43. The van der Waals surface area contributed by atoms with Crippen LogP contribution in [0, 0.1) is 5.92 Å². The highest BCUT2D eigenvalue weighted by Crippen LogP contribution is 2.30. The quantitative estimate of drug-likeness (QED) is 0.745. The predicted octanol–water partition coefficient (Wildman–Crippen LogP) is 2.02. The fourth-order valence-corrected chi connectivity index (χ4v) is 2.78. The lowest BCUT2D eigenvalue weighted by molar-refractivity contribution is 0.0833. The molecule has 1 unspecified atom stereocenters. The van der Waals surface area contributed by atoms with Crippen LogP contribution in [0.2, 0.25) is 0 Å². The molecule has 1 saturated carbocycles. The van der Waals surface area contributed by atoms with Crippen LogP contribution in [-0.2, 0) is 0 Å². The van der Waals surface area contributed by atoms with Gasteiger partial charge >= 0.3 is 0 Å². The van der Waals surface area contributed by atoms with Crippen molar-refractivity contribution in [3.63, 3.8) is 0 Å². The zero-order chi connectivity index (χ0) is 9.80. The lowest BCUT2D eigenvalue weighted by Gasteiger charge is -2.40. The molecule has 2 fully saturated rings. The summed E-state index contributed by atoms with van der Waals surface area (Å²) in [5.74, 6) is 0.981. The maximum absolute atomic E-state index is 9.01. The molecule has 0 bridgehead atoms. The fraction of sp³-hybridized carbons (Fsp3) is 1.00. The van der Waals surface area contributed by atoms with Crippen molar-refractivity contribution >= 4 is 0 Å². The Morgan fingerprint density at radius 2 is 1.93 bits per heavy atom. The first-order valence-corrected chi connectivity index (χ1v) is 6.25. The molecule has 2 heteroatoms. The van der Waals surface area contributed by atoms with Gasteiger partial charge in [0.05, 0.1) is 0 Å². The molecule has 2 nitrogen and oxygen atoms in total. The Bertz CT molecular complexity index is 166. The van der Waals surface area contributed by atoms with E-state index < -0.39 is 0 Å². The van der Waals surface area contributed by atoms with E-state index in [1.807, 2.05) is 0 Å². The molecular formula is C12H23NO. The number of likely N-dealkylation sites (tertiary alicyclic amines) is 1. The molecule has 14 heavy (non-hydrogen) atoms. The summed E-state index contributed by atoms with van der Waals surface area (Å²) in [4.78, 5) is 2.64. The van der Waals surface area contributed by atoms with Gasteiger partial charge in [-0.3, -0.25) is 0 Å². The summed E-state index contributed by atoms with van der Waals surface area (Å²) in [6.07, 6.45) is 9.38. The van der Waals surface area contributed by atoms with Crippen molar-refractivity contribution in [2.75, 3.05) is 19.7 Å². The van der Waals surface area contributed by atoms with Crippen LogP contribution in [-0.4, -0.2) is 35.7 Å². The largest absolute Gasteiger partial charge is 0.396 e. The molecule has 1 heterocycles. The molecule has 0 aromatic rings. The van der Waals surface area contributed by atoms with Gasteiger partial charge < -0.3 is 10.0 Å². The van der Waals surface area contributed by atoms with Gasteiger partial charge in [0.15, 0.2) is 0 Å². The minimum atomic E-state index is 0.367. The van der Waals surface area contributed by atoms with E-state index in [1.165, 1.54) is 51.6 Å². The van der Waals surface area contributed by atoms with Gasteiger partial charge in [-0.1, -0.05) is 12.8 Å². The standard InChI is InChI=1S/C12H23NO/c14-9-7-12-6-1-2-8-13(12)10-11-4-3-5-11/h11-12,14H,1-10H2. The molecule has 0 aromatic carbocycles. The number of aliphatic hydroxyl groups excluding tert-OH is 1. The van der Waals surface area contributed by atoms with Gasteiger partial charge in [-0.25, -0.2) is 0 Å². The first kappa shape index (κ1) is 10.4. The van der Waals surface area contributed by atoms with E-state index in [0.29, 0.717) is 12.6 Å². The number of aliphatic hydroxyl groups is 1. The van der Waals surface area contributed by atoms with Crippen molar-refractivity contribution in [3.8, 4) is 0 Å². The van der Waals surface area contributed by atoms with Gasteiger partial charge in [-0.15, -0.1) is 0 Å². The minimum Gasteiger partial charge on any atom is -0.396 e. The zero-order valence-electron chi connectivity index (χ0n) is 9.12. The van der Waals surface area contributed by atoms with E-state index in [1.54, 1.807) is 0 Å². The van der Waals surface area contributed by atoms with E-state index in [9.17, 15) is 0 Å². The van der Waals surface area contributed by atoms with Crippen LogP contribution in [0.25, 0.3) is 0 Å². The van der Waals surface area contributed by atoms with Crippen molar-refractivity contribution < 1.29 is 5.11 Å². The van der Waals surface area contributed by atoms with E-state index >= 15 is 0 Å². The maximum atomic E-state index is 9.01. The number of hydrogen-bond acceptors (Lipinski definition) is 2. The lowest BCUT2D eigenvalue weighted by atomic mass is 9.84. The summed E-state index contributed by atoms with van der Waals surface area (Å²) in [5.41, 5.74) is 0. The molecule has 2 aliphatic rings. The molecule has 1 aliphatic carbocycles. The summed E-state index contributed by atoms with van der Waals surface area (Å²) in [6, 6.07) is 0.689. The smallest absolute Gasteiger partial charge is 0.0445 e. The summed E-state index contributed by atoms with van der Waals surface area (Å²) in [6.45, 7) is 2.96. The Morgan fingerprint density at radius 3 is 2.57 bits per heavy atom. The molecule has 1 N–H and O–H groups in total. The van der Waals surface area contributed by atoms with Gasteiger partial charge in [0.25, 0.3) is 0 Å². The minimum absolute atomic E-state index is 0.367. The van der Waals surface area contributed by atoms with Gasteiger partial charge in [0, 0.05) is 19.2 Å². The Hall–Kier alpha value is -0.0800. The number of hydrogen-bond donors (Lipinski definition) is 1. The normalized spacial score (nSPS) is 30.2. The van der Waals surface area contributed by atoms with Crippen LogP contribution in [0.1, 0.15) is 44.9 Å². The van der Waals surface area contributed by atoms with E-state index in [-0.39, 0.29) is 0 Å². The third kappa shape index (κ3) is 2.48. The fourth-order valence-electron chi connectivity index (χ4n) is 2.78. The van der Waals surface area contributed by atoms with Crippen LogP contribution in [0.3, 0.4) is 0 Å². The van der Waals surface area contributed by atoms with Crippen molar-refractivity contribution in [3.05, 3.63) is 0 Å². The Morgan fingerprint density at radius 1 is 1.07 bits per heavy atom. The molecule has 1 atom stereocenters. The van der Waals surface area contributed by atoms with Gasteiger partial charge in [0.1, 0.15) is 0 Å². The van der Waals surface area contributed by atoms with E-state index in [4.69, 9.17) is 5.11 Å². The van der Waals surface area contributed by atoms with Crippen molar-refractivity contribution in [2.45, 2.75) is 51.0 Å². The molecule has 1 saturated heterocycles. The third-order valence-electron chi connectivity index (χ3n) is 3.93. The highest BCUT2D eigenvalue weighted by Gasteiger charge is 2.26. The molecule has 1 aliphatic heterocycles. The van der Waals surface area contributed by atoms with Crippen LogP contribution in [0.4, 0.5) is 0 Å². The molecule has 82 valence electrons. The molecular weight excluding hydrogens is 174 g/mol. The first-order chi connectivity index (χ1) is 6.90. The van der Waals surface area contributed by atoms with E-state index in [2.05, 4.69) is 4.90 Å². The summed E-state index contributed by atoms with van der Waals surface area (Å²) < 4.78 is 0. The summed E-state index contributed by atoms with van der Waals surface area (Å²) in [7, 11) is 0. The summed E-state index contributed by atoms with van der Waals surface area (Å²) in [5, 5.41) is 9.01. The van der Waals surface area contributed by atoms with Crippen LogP contribution in [0.15, 0.2) is 0 Å². The average molecular weight is 197 g/mol. The topological polar surface area (TPSA) is 23.5 Å². The molecule has 2 rings (SSSR count). The highest BCUT2D eigenvalue weighted by molar-refractivity contribution is 4.81. The number of piperidine rings is 1. The Kier molecular flexibility index (Phi) is 3.82. The van der Waals surface area contributed by atoms with Crippen LogP contribution >= 0.6 is 0 Å². The maximum Gasteiger partial charge on any atom is 0.0445 e. The second-order valence-electron chi connectivity index (χ2n) is 4.95. The van der Waals surface area contributed by atoms with Gasteiger partial charge in [0.2, 0.25) is 0 Å². The molecule has 0 aromatic heterocycles. The summed E-state index contributed by atoms with van der Waals surface area (Å²) >= 11 is 0. The van der Waals surface area contributed by atoms with Gasteiger partial charge in [-0.05, 0) is 44.6 Å². The van der Waals surface area contributed by atoms with Crippen molar-refractivity contribution in [1.82, 2.24) is 4.90 Å². The Labute approximate surface area is 87.3 Å². The molecule has 0 spiro atoms. The monoisotopic (exact) mass is 197 g/mol. The SMILES string of the molecule is OCCC1CCCCN1CC1CCC1. The van der Waals surface area contributed by atoms with Crippen molar-refractivity contribution in [1.29, 1.82) is 0 Å². The third-order valence-corrected chi connectivity index (χ3v) is 3.93. The number of rotatable bonds is 4. The first-order valence-electron chi connectivity index (χ1n) is 6.25. The van der Waals surface area contributed by atoms with E-state index in [0.717, 1.165) is 12.3 Å².